The van der Waals surface area contributed by atoms with Crippen LogP contribution in [0.1, 0.15) is 19.4 Å². The lowest BCUT2D eigenvalue weighted by molar-refractivity contribution is -0.383. The molecule has 0 fully saturated rings. The van der Waals surface area contributed by atoms with E-state index in [1.165, 1.54) is 6.07 Å². The summed E-state index contributed by atoms with van der Waals surface area (Å²) in [5.74, 6) is 0.166. The van der Waals surface area contributed by atoms with Gasteiger partial charge in [0.1, 0.15) is 5.52 Å². The molecule has 0 saturated carbocycles. The molecule has 0 spiro atoms. The Kier molecular flexibility index (Phi) is 5.32. The number of nitrogens with one attached hydrogen (secondary N) is 1. The van der Waals surface area contributed by atoms with Gasteiger partial charge in [-0.15, -0.1) is 12.4 Å². The van der Waals surface area contributed by atoms with Crippen LogP contribution < -0.4 is 0 Å². The van der Waals surface area contributed by atoms with Gasteiger partial charge < -0.3 is 9.30 Å². The monoisotopic (exact) mass is 311 g/mol. The zero-order valence-electron chi connectivity index (χ0n) is 12.1. The van der Waals surface area contributed by atoms with Crippen LogP contribution in [0.2, 0.25) is 0 Å². The summed E-state index contributed by atoms with van der Waals surface area (Å²) in [6.45, 7) is 3.73. The molecule has 114 valence electrons. The van der Waals surface area contributed by atoms with Gasteiger partial charge in [0, 0.05) is 24.7 Å². The maximum Gasteiger partial charge on any atom is 0.293 e. The summed E-state index contributed by atoms with van der Waals surface area (Å²) >= 11 is 0. The van der Waals surface area contributed by atoms with Crippen molar-refractivity contribution in [3.8, 4) is 0 Å². The van der Waals surface area contributed by atoms with Crippen LogP contribution in [0.25, 0.3) is 10.9 Å². The van der Waals surface area contributed by atoms with Crippen LogP contribution in [0.15, 0.2) is 24.4 Å². The molecule has 7 heteroatoms. The fourth-order valence-corrected chi connectivity index (χ4v) is 2.32. The van der Waals surface area contributed by atoms with Gasteiger partial charge in [0.2, 0.25) is 0 Å². The van der Waals surface area contributed by atoms with Crippen molar-refractivity contribution in [3.63, 3.8) is 0 Å². The molecular weight excluding hydrogens is 294 g/mol. The van der Waals surface area contributed by atoms with Crippen molar-refractivity contribution in [2.24, 2.45) is 7.05 Å². The number of non-ortho nitro benzene ring substituents is 1. The SMILES string of the molecule is CC(C)OC(=N)Cc1cn(C)c2c([N+](=O)[O-])cccc12.Cl. The maximum absolute atomic E-state index is 11.1. The molecule has 0 bridgehead atoms. The van der Waals surface area contributed by atoms with Gasteiger partial charge in [-0.25, -0.2) is 0 Å². The zero-order chi connectivity index (χ0) is 14.9. The van der Waals surface area contributed by atoms with Crippen molar-refractivity contribution < 1.29 is 9.66 Å². The van der Waals surface area contributed by atoms with Gasteiger partial charge in [0.05, 0.1) is 17.4 Å². The summed E-state index contributed by atoms with van der Waals surface area (Å²) in [6.07, 6.45) is 2.10. The van der Waals surface area contributed by atoms with E-state index in [1.54, 1.807) is 17.7 Å². The maximum atomic E-state index is 11.1. The Balaban J connectivity index is 0.00000220. The van der Waals surface area contributed by atoms with Crippen LogP contribution in [0.4, 0.5) is 5.69 Å². The van der Waals surface area contributed by atoms with Gasteiger partial charge in [-0.2, -0.15) is 0 Å². The average Bonchev–Trinajstić information content (AvgIpc) is 2.65. The first-order valence-corrected chi connectivity index (χ1v) is 6.35. The number of hydrogen-bond acceptors (Lipinski definition) is 4. The first-order chi connectivity index (χ1) is 9.40. The number of rotatable bonds is 4. The standard InChI is InChI=1S/C14H17N3O3.ClH/c1-9(2)20-13(15)7-10-8-16(3)14-11(10)5-4-6-12(14)17(18)19;/h4-6,8-9,15H,7H2,1-3H3;1H. The Labute approximate surface area is 128 Å². The summed E-state index contributed by atoms with van der Waals surface area (Å²) < 4.78 is 7.06. The molecule has 0 unspecified atom stereocenters. The van der Waals surface area contributed by atoms with Crippen molar-refractivity contribution >= 4 is 34.9 Å². The summed E-state index contributed by atoms with van der Waals surface area (Å²) in [5, 5.41) is 19.7. The van der Waals surface area contributed by atoms with Crippen LogP contribution in [0.3, 0.4) is 0 Å². The van der Waals surface area contributed by atoms with Crippen molar-refractivity contribution in [1.82, 2.24) is 4.57 Å². The number of benzene rings is 1. The largest absolute Gasteiger partial charge is 0.478 e. The van der Waals surface area contributed by atoms with E-state index in [9.17, 15) is 10.1 Å². The molecule has 1 aromatic heterocycles. The number of fused-ring (bicyclic) bond motifs is 1. The van der Waals surface area contributed by atoms with E-state index in [-0.39, 0.29) is 35.0 Å². The minimum Gasteiger partial charge on any atom is -0.478 e. The number of nitrogens with zero attached hydrogens (tertiary/aromatic N) is 2. The number of aromatic nitrogens is 1. The van der Waals surface area contributed by atoms with Gasteiger partial charge >= 0.3 is 0 Å². The summed E-state index contributed by atoms with van der Waals surface area (Å²) in [6, 6.07) is 4.99. The molecule has 6 nitrogen and oxygen atoms in total. The number of para-hydroxylation sites is 1. The smallest absolute Gasteiger partial charge is 0.293 e. The molecule has 0 aliphatic carbocycles. The third-order valence-corrected chi connectivity index (χ3v) is 2.99. The van der Waals surface area contributed by atoms with Gasteiger partial charge in [-0.1, -0.05) is 12.1 Å². The number of nitro groups is 1. The molecule has 0 aliphatic rings. The Morgan fingerprint density at radius 3 is 2.71 bits per heavy atom. The highest BCUT2D eigenvalue weighted by Gasteiger charge is 2.18. The highest BCUT2D eigenvalue weighted by Crippen LogP contribution is 2.29. The van der Waals surface area contributed by atoms with Crippen LogP contribution >= 0.6 is 12.4 Å². The zero-order valence-corrected chi connectivity index (χ0v) is 12.9. The summed E-state index contributed by atoms with van der Waals surface area (Å²) in [5.41, 5.74) is 1.51. The number of ether oxygens (including phenoxy) is 1. The minimum atomic E-state index is -0.387. The Morgan fingerprint density at radius 1 is 1.48 bits per heavy atom. The number of halogens is 1. The molecule has 0 amide bonds. The molecule has 2 rings (SSSR count). The molecule has 1 N–H and O–H groups in total. The van der Waals surface area contributed by atoms with Gasteiger partial charge in [-0.05, 0) is 19.4 Å². The third kappa shape index (κ3) is 3.52. The lowest BCUT2D eigenvalue weighted by Crippen LogP contribution is -2.12. The molecule has 1 aromatic carbocycles. The van der Waals surface area contributed by atoms with Crippen molar-refractivity contribution in [3.05, 3.63) is 40.1 Å². The van der Waals surface area contributed by atoms with E-state index in [4.69, 9.17) is 10.1 Å². The quantitative estimate of drug-likeness (QED) is 0.406. The lowest BCUT2D eigenvalue weighted by atomic mass is 10.1. The van der Waals surface area contributed by atoms with E-state index in [1.807, 2.05) is 26.1 Å². The molecule has 0 atom stereocenters. The average molecular weight is 312 g/mol. The molecule has 0 radical (unpaired) electrons. The molecule has 0 saturated heterocycles. The highest BCUT2D eigenvalue weighted by atomic mass is 35.5. The van der Waals surface area contributed by atoms with E-state index in [2.05, 4.69) is 0 Å². The predicted molar refractivity (Wildman–Crippen MR) is 84.5 cm³/mol. The first-order valence-electron chi connectivity index (χ1n) is 6.35. The van der Waals surface area contributed by atoms with E-state index in [0.717, 1.165) is 10.9 Å². The van der Waals surface area contributed by atoms with E-state index in [0.29, 0.717) is 11.9 Å². The van der Waals surface area contributed by atoms with Crippen LogP contribution in [0, 0.1) is 15.5 Å². The Bertz CT molecular complexity index is 679. The number of nitro benzene ring substituents is 1. The van der Waals surface area contributed by atoms with Crippen LogP contribution in [-0.4, -0.2) is 21.5 Å². The number of hydrogen-bond donors (Lipinski definition) is 1. The van der Waals surface area contributed by atoms with Crippen molar-refractivity contribution in [2.45, 2.75) is 26.4 Å². The number of aryl methyl sites for hydroxylation is 1. The molecule has 1 heterocycles. The van der Waals surface area contributed by atoms with Crippen LogP contribution in [-0.2, 0) is 18.2 Å². The second-order valence-corrected chi connectivity index (χ2v) is 4.96. The van der Waals surface area contributed by atoms with E-state index >= 15 is 0 Å². The first kappa shape index (κ1) is 17.0. The third-order valence-electron chi connectivity index (χ3n) is 2.99. The lowest BCUT2D eigenvalue weighted by Gasteiger charge is -2.09. The van der Waals surface area contributed by atoms with Crippen molar-refractivity contribution in [2.75, 3.05) is 0 Å². The summed E-state index contributed by atoms with van der Waals surface area (Å²) in [7, 11) is 1.77. The van der Waals surface area contributed by atoms with Gasteiger partial charge in [0.25, 0.3) is 5.69 Å². The van der Waals surface area contributed by atoms with Crippen molar-refractivity contribution in [1.29, 1.82) is 5.41 Å². The topological polar surface area (TPSA) is 81.1 Å². The molecule has 2 aromatic rings. The molecule has 0 aliphatic heterocycles. The highest BCUT2D eigenvalue weighted by molar-refractivity contribution is 5.93. The predicted octanol–water partition coefficient (Wildman–Crippen LogP) is 3.45. The van der Waals surface area contributed by atoms with Crippen LogP contribution in [0.5, 0.6) is 0 Å². The van der Waals surface area contributed by atoms with Gasteiger partial charge in [0.15, 0.2) is 5.90 Å². The fraction of sp³-hybridized carbons (Fsp3) is 0.357. The molecular formula is C14H18ClN3O3. The normalized spacial score (nSPS) is 10.5. The Morgan fingerprint density at radius 2 is 2.14 bits per heavy atom. The van der Waals surface area contributed by atoms with E-state index < -0.39 is 0 Å². The fourth-order valence-electron chi connectivity index (χ4n) is 2.32. The second-order valence-electron chi connectivity index (χ2n) is 4.96. The second kappa shape index (κ2) is 6.58. The van der Waals surface area contributed by atoms with Gasteiger partial charge in [-0.3, -0.25) is 15.5 Å². The minimum absolute atomic E-state index is 0. The molecule has 21 heavy (non-hydrogen) atoms. The summed E-state index contributed by atoms with van der Waals surface area (Å²) in [4.78, 5) is 10.7. The Hall–Kier alpha value is -2.08.